The molecule has 4 rings (SSSR count). The van der Waals surface area contributed by atoms with Crippen LogP contribution in [0.2, 0.25) is 0 Å². The molecule has 0 heterocycles. The highest BCUT2D eigenvalue weighted by Crippen LogP contribution is 2.27. The maximum Gasteiger partial charge on any atom is 0.264 e. The first-order chi connectivity index (χ1) is 20.7. The summed E-state index contributed by atoms with van der Waals surface area (Å²) in [6.07, 6.45) is 0.174. The van der Waals surface area contributed by atoms with Crippen molar-refractivity contribution in [2.75, 3.05) is 24.5 Å². The van der Waals surface area contributed by atoms with E-state index in [1.54, 1.807) is 49.4 Å². The van der Waals surface area contributed by atoms with Crippen LogP contribution in [0.3, 0.4) is 0 Å². The van der Waals surface area contributed by atoms with Gasteiger partial charge in [0.1, 0.15) is 24.2 Å². The average Bonchev–Trinajstić information content (AvgIpc) is 3.03. The molecule has 0 saturated carbocycles. The van der Waals surface area contributed by atoms with E-state index in [1.165, 1.54) is 42.3 Å². The summed E-state index contributed by atoms with van der Waals surface area (Å²) >= 11 is 0. The van der Waals surface area contributed by atoms with Gasteiger partial charge in [0.05, 0.1) is 17.7 Å². The van der Waals surface area contributed by atoms with Crippen molar-refractivity contribution in [3.05, 3.63) is 126 Å². The number of rotatable bonds is 13. The number of halogens is 1. The van der Waals surface area contributed by atoms with Gasteiger partial charge in [-0.05, 0) is 54.4 Å². The lowest BCUT2D eigenvalue weighted by Gasteiger charge is -2.34. The molecule has 0 bridgehead atoms. The zero-order chi connectivity index (χ0) is 30.8. The smallest absolute Gasteiger partial charge is 0.264 e. The number of hydrogen-bond donors (Lipinski definition) is 1. The van der Waals surface area contributed by atoms with Crippen LogP contribution in [0.1, 0.15) is 18.1 Å². The Morgan fingerprint density at radius 1 is 0.860 bits per heavy atom. The van der Waals surface area contributed by atoms with E-state index in [1.807, 2.05) is 30.3 Å². The second-order valence-corrected chi connectivity index (χ2v) is 11.6. The molecule has 4 aromatic carbocycles. The van der Waals surface area contributed by atoms with Gasteiger partial charge >= 0.3 is 0 Å². The van der Waals surface area contributed by atoms with Gasteiger partial charge in [0, 0.05) is 19.5 Å². The summed E-state index contributed by atoms with van der Waals surface area (Å²) in [5.41, 5.74) is 1.20. The van der Waals surface area contributed by atoms with Crippen molar-refractivity contribution in [2.45, 2.75) is 30.8 Å². The second-order valence-electron chi connectivity index (χ2n) is 9.75. The van der Waals surface area contributed by atoms with E-state index in [-0.39, 0.29) is 23.5 Å². The van der Waals surface area contributed by atoms with E-state index in [4.69, 9.17) is 4.74 Å². The first kappa shape index (κ1) is 31.2. The Bertz CT molecular complexity index is 1630. The third kappa shape index (κ3) is 7.78. The van der Waals surface area contributed by atoms with Gasteiger partial charge in [-0.15, -0.1) is 0 Å². The minimum Gasteiger partial charge on any atom is -0.497 e. The van der Waals surface area contributed by atoms with Gasteiger partial charge in [-0.3, -0.25) is 13.9 Å². The number of para-hydroxylation sites is 1. The van der Waals surface area contributed by atoms with Gasteiger partial charge in [0.25, 0.3) is 10.0 Å². The molecule has 1 atom stereocenters. The van der Waals surface area contributed by atoms with Crippen LogP contribution in [0.25, 0.3) is 0 Å². The summed E-state index contributed by atoms with van der Waals surface area (Å²) in [6, 6.07) is 28.2. The molecule has 0 unspecified atom stereocenters. The molecular formula is C33H34FN3O5S. The molecule has 4 aromatic rings. The number of amides is 2. The highest BCUT2D eigenvalue weighted by molar-refractivity contribution is 7.92. The molecule has 0 fully saturated rings. The molecule has 0 aromatic heterocycles. The predicted octanol–water partition coefficient (Wildman–Crippen LogP) is 4.81. The lowest BCUT2D eigenvalue weighted by atomic mass is 10.0. The quantitative estimate of drug-likeness (QED) is 0.237. The Morgan fingerprint density at radius 3 is 2.14 bits per heavy atom. The van der Waals surface area contributed by atoms with Gasteiger partial charge in [-0.1, -0.05) is 72.8 Å². The number of methoxy groups -OCH3 is 1. The van der Waals surface area contributed by atoms with Crippen molar-refractivity contribution in [1.82, 2.24) is 10.2 Å². The minimum atomic E-state index is -4.38. The van der Waals surface area contributed by atoms with Crippen molar-refractivity contribution in [3.8, 4) is 5.75 Å². The van der Waals surface area contributed by atoms with Gasteiger partial charge in [-0.2, -0.15) is 0 Å². The molecule has 10 heteroatoms. The first-order valence-electron chi connectivity index (χ1n) is 13.8. The summed E-state index contributed by atoms with van der Waals surface area (Å²) < 4.78 is 49.0. The Balaban J connectivity index is 1.81. The molecule has 0 spiro atoms. The highest BCUT2D eigenvalue weighted by Gasteiger charge is 2.35. The van der Waals surface area contributed by atoms with Crippen LogP contribution in [0.5, 0.6) is 5.75 Å². The van der Waals surface area contributed by atoms with Crippen LogP contribution in [0, 0.1) is 5.82 Å². The number of nitrogens with zero attached hydrogens (tertiary/aromatic N) is 2. The van der Waals surface area contributed by atoms with Crippen LogP contribution >= 0.6 is 0 Å². The molecule has 0 saturated heterocycles. The maximum atomic E-state index is 15.1. The number of sulfonamides is 1. The van der Waals surface area contributed by atoms with Crippen molar-refractivity contribution >= 4 is 27.5 Å². The Hall–Kier alpha value is -4.70. The number of likely N-dealkylation sites (N-methyl/N-ethyl adjacent to an activating group) is 1. The lowest BCUT2D eigenvalue weighted by molar-refractivity contribution is -0.140. The Labute approximate surface area is 251 Å². The third-order valence-corrected chi connectivity index (χ3v) is 8.61. The van der Waals surface area contributed by atoms with Gasteiger partial charge in [-0.25, -0.2) is 12.8 Å². The number of ether oxygens (including phenoxy) is 1. The summed E-state index contributed by atoms with van der Waals surface area (Å²) in [5.74, 6) is -1.33. The first-order valence-corrected chi connectivity index (χ1v) is 15.2. The number of carbonyl (C=O) groups is 2. The van der Waals surface area contributed by atoms with Crippen LogP contribution < -0.4 is 14.4 Å². The number of anilines is 1. The summed E-state index contributed by atoms with van der Waals surface area (Å²) in [6.45, 7) is 1.33. The molecule has 0 aliphatic heterocycles. The molecule has 2 amide bonds. The van der Waals surface area contributed by atoms with E-state index < -0.39 is 40.2 Å². The molecule has 0 aliphatic carbocycles. The summed E-state index contributed by atoms with van der Waals surface area (Å²) in [7, 11) is -2.86. The molecule has 224 valence electrons. The maximum absolute atomic E-state index is 15.1. The Morgan fingerprint density at radius 2 is 1.49 bits per heavy atom. The molecule has 43 heavy (non-hydrogen) atoms. The zero-order valence-corrected chi connectivity index (χ0v) is 24.8. The fourth-order valence-electron chi connectivity index (χ4n) is 4.70. The lowest BCUT2D eigenvalue weighted by Crippen LogP contribution is -2.53. The van der Waals surface area contributed by atoms with Crippen LogP contribution in [-0.2, 0) is 32.6 Å². The second kappa shape index (κ2) is 14.5. The molecule has 8 nitrogen and oxygen atoms in total. The van der Waals surface area contributed by atoms with Crippen molar-refractivity contribution in [2.24, 2.45) is 0 Å². The SMILES string of the molecule is CCNC(=O)[C@H](Cc1ccccc1)N(Cc1cccc(OC)c1)C(=O)CN(c1ccccc1F)S(=O)(=O)c1ccccc1. The van der Waals surface area contributed by atoms with E-state index in [0.717, 1.165) is 15.9 Å². The van der Waals surface area contributed by atoms with Crippen LogP contribution in [0.15, 0.2) is 114 Å². The Kier molecular flexibility index (Phi) is 10.5. The molecule has 0 radical (unpaired) electrons. The summed E-state index contributed by atoms with van der Waals surface area (Å²) in [5, 5.41) is 2.81. The number of hydrogen-bond acceptors (Lipinski definition) is 5. The van der Waals surface area contributed by atoms with Gasteiger partial charge < -0.3 is 15.0 Å². The molecule has 0 aliphatic rings. The van der Waals surface area contributed by atoms with Gasteiger partial charge in [0.2, 0.25) is 11.8 Å². The van der Waals surface area contributed by atoms with Gasteiger partial charge in [0.15, 0.2) is 0 Å². The average molecular weight is 604 g/mol. The van der Waals surface area contributed by atoms with Crippen molar-refractivity contribution in [3.63, 3.8) is 0 Å². The number of carbonyl (C=O) groups excluding carboxylic acids is 2. The molecule has 1 N–H and O–H groups in total. The van der Waals surface area contributed by atoms with E-state index in [9.17, 15) is 18.0 Å². The van der Waals surface area contributed by atoms with Crippen LogP contribution in [0.4, 0.5) is 10.1 Å². The third-order valence-electron chi connectivity index (χ3n) is 6.84. The van der Waals surface area contributed by atoms with E-state index in [0.29, 0.717) is 17.9 Å². The highest BCUT2D eigenvalue weighted by atomic mass is 32.2. The van der Waals surface area contributed by atoms with Crippen molar-refractivity contribution < 1.29 is 27.1 Å². The largest absolute Gasteiger partial charge is 0.497 e. The monoisotopic (exact) mass is 603 g/mol. The topological polar surface area (TPSA) is 96.0 Å². The fourth-order valence-corrected chi connectivity index (χ4v) is 6.14. The fraction of sp³-hybridized carbons (Fsp3) is 0.212. The normalized spacial score (nSPS) is 11.8. The number of nitrogens with one attached hydrogen (secondary N) is 1. The van der Waals surface area contributed by atoms with Crippen molar-refractivity contribution in [1.29, 1.82) is 0 Å². The van der Waals surface area contributed by atoms with Crippen LogP contribution in [-0.4, -0.2) is 51.4 Å². The van der Waals surface area contributed by atoms with E-state index >= 15 is 4.39 Å². The molecular weight excluding hydrogens is 569 g/mol. The zero-order valence-electron chi connectivity index (χ0n) is 24.0. The minimum absolute atomic E-state index is 0.0266. The predicted molar refractivity (Wildman–Crippen MR) is 164 cm³/mol. The van der Waals surface area contributed by atoms with E-state index in [2.05, 4.69) is 5.32 Å². The summed E-state index contributed by atoms with van der Waals surface area (Å²) in [4.78, 5) is 29.1. The number of benzene rings is 4. The standard InChI is InChI=1S/C33H34FN3O5S/c1-3-35-33(39)31(22-25-13-6-4-7-14-25)36(23-26-15-12-16-27(21-26)42-2)32(38)24-37(30-20-11-10-19-29(30)34)43(40,41)28-17-8-5-9-18-28/h4-21,31H,3,22-24H2,1-2H3,(H,35,39)/t31-/m0/s1.